The lowest BCUT2D eigenvalue weighted by Gasteiger charge is -2.14. The van der Waals surface area contributed by atoms with Gasteiger partial charge in [0, 0.05) is 25.1 Å². The van der Waals surface area contributed by atoms with Crippen molar-refractivity contribution in [2.45, 2.75) is 19.3 Å². The standard InChI is InChI=1S/C23H27Br4N3O5/c1-30(2)7-4-8-35-21-15(24)9-13(10-16(21)25)5-6-28-23(32)18(29-33)12-14-11-17(26)22(34-3)19(27)20(14)31/h9-11,31,33H,4-8,12H2,1-3H3,(H,28,32)/b29-18+. The summed E-state index contributed by atoms with van der Waals surface area (Å²) < 4.78 is 13.7. The highest BCUT2D eigenvalue weighted by atomic mass is 79.9. The predicted octanol–water partition coefficient (Wildman–Crippen LogP) is 5.51. The van der Waals surface area contributed by atoms with Gasteiger partial charge in [0.1, 0.15) is 21.7 Å². The average Bonchev–Trinajstić information content (AvgIpc) is 2.79. The molecular weight excluding hydrogens is 718 g/mol. The van der Waals surface area contributed by atoms with Gasteiger partial charge in [0.2, 0.25) is 0 Å². The molecule has 192 valence electrons. The molecule has 0 saturated heterocycles. The first-order valence-corrected chi connectivity index (χ1v) is 13.7. The van der Waals surface area contributed by atoms with Crippen molar-refractivity contribution < 1.29 is 24.6 Å². The van der Waals surface area contributed by atoms with Crippen molar-refractivity contribution in [3.05, 3.63) is 47.2 Å². The van der Waals surface area contributed by atoms with Gasteiger partial charge in [-0.05, 0) is 114 Å². The zero-order valence-electron chi connectivity index (χ0n) is 19.5. The van der Waals surface area contributed by atoms with Crippen molar-refractivity contribution in [3.63, 3.8) is 0 Å². The molecule has 0 spiro atoms. The largest absolute Gasteiger partial charge is 0.506 e. The van der Waals surface area contributed by atoms with Gasteiger partial charge in [-0.15, -0.1) is 0 Å². The Morgan fingerprint density at radius 2 is 1.71 bits per heavy atom. The Bertz CT molecular complexity index is 1060. The molecule has 0 bridgehead atoms. The topological polar surface area (TPSA) is 104 Å². The fourth-order valence-electron chi connectivity index (χ4n) is 3.18. The van der Waals surface area contributed by atoms with E-state index in [2.05, 4.69) is 79.1 Å². The molecule has 0 aliphatic carbocycles. The SMILES string of the molecule is COc1c(Br)cc(C/C(=N\O)C(=O)NCCc2cc(Br)c(OCCCN(C)C)c(Br)c2)c(O)c1Br. The smallest absolute Gasteiger partial charge is 0.269 e. The molecule has 0 heterocycles. The number of rotatable bonds is 12. The quantitative estimate of drug-likeness (QED) is 0.115. The summed E-state index contributed by atoms with van der Waals surface area (Å²) >= 11 is 13.7. The first-order valence-electron chi connectivity index (χ1n) is 10.6. The van der Waals surface area contributed by atoms with Crippen molar-refractivity contribution in [2.75, 3.05) is 40.9 Å². The molecule has 0 radical (unpaired) electrons. The molecule has 0 saturated carbocycles. The Labute approximate surface area is 238 Å². The minimum absolute atomic E-state index is 0.0771. The molecule has 8 nitrogen and oxygen atoms in total. The van der Waals surface area contributed by atoms with Crippen LogP contribution in [0.1, 0.15) is 17.5 Å². The zero-order valence-corrected chi connectivity index (χ0v) is 25.8. The maximum Gasteiger partial charge on any atom is 0.269 e. The monoisotopic (exact) mass is 741 g/mol. The third-order valence-electron chi connectivity index (χ3n) is 4.93. The molecular formula is C23H27Br4N3O5. The van der Waals surface area contributed by atoms with E-state index in [1.807, 2.05) is 26.2 Å². The van der Waals surface area contributed by atoms with Gasteiger partial charge in [0.25, 0.3) is 5.91 Å². The second-order valence-corrected chi connectivity index (χ2v) is 11.2. The van der Waals surface area contributed by atoms with Gasteiger partial charge in [-0.1, -0.05) is 5.16 Å². The predicted molar refractivity (Wildman–Crippen MR) is 150 cm³/mol. The number of carbonyl (C=O) groups excluding carboxylic acids is 1. The minimum Gasteiger partial charge on any atom is -0.506 e. The number of ether oxygens (including phenoxy) is 2. The molecule has 3 N–H and O–H groups in total. The molecule has 2 aromatic carbocycles. The summed E-state index contributed by atoms with van der Waals surface area (Å²) in [6, 6.07) is 5.50. The lowest BCUT2D eigenvalue weighted by Crippen LogP contribution is -2.33. The molecule has 35 heavy (non-hydrogen) atoms. The highest BCUT2D eigenvalue weighted by Crippen LogP contribution is 2.42. The number of hydrogen-bond donors (Lipinski definition) is 3. The third-order valence-corrected chi connectivity index (χ3v) is 7.43. The average molecular weight is 745 g/mol. The highest BCUT2D eigenvalue weighted by Gasteiger charge is 2.20. The maximum atomic E-state index is 12.6. The van der Waals surface area contributed by atoms with Gasteiger partial charge >= 0.3 is 0 Å². The van der Waals surface area contributed by atoms with Crippen LogP contribution in [0.3, 0.4) is 0 Å². The molecule has 0 aromatic heterocycles. The van der Waals surface area contributed by atoms with Crippen LogP contribution in [0, 0.1) is 0 Å². The van der Waals surface area contributed by atoms with Gasteiger partial charge < -0.3 is 30.0 Å². The number of phenolic OH excluding ortho intramolecular Hbond substituents is 1. The molecule has 1 amide bonds. The number of nitrogens with one attached hydrogen (secondary N) is 1. The van der Waals surface area contributed by atoms with Crippen LogP contribution in [0.25, 0.3) is 0 Å². The van der Waals surface area contributed by atoms with E-state index >= 15 is 0 Å². The number of oxime groups is 1. The summed E-state index contributed by atoms with van der Waals surface area (Å²) in [7, 11) is 5.52. The van der Waals surface area contributed by atoms with E-state index < -0.39 is 5.91 Å². The van der Waals surface area contributed by atoms with Crippen LogP contribution in [-0.4, -0.2) is 67.7 Å². The van der Waals surface area contributed by atoms with Crippen molar-refractivity contribution in [2.24, 2.45) is 5.16 Å². The van der Waals surface area contributed by atoms with E-state index in [9.17, 15) is 15.1 Å². The van der Waals surface area contributed by atoms with E-state index in [4.69, 9.17) is 9.47 Å². The Hall–Kier alpha value is -1.34. The normalized spacial score (nSPS) is 11.6. The second kappa shape index (κ2) is 14.4. The third kappa shape index (κ3) is 8.63. The van der Waals surface area contributed by atoms with E-state index in [1.165, 1.54) is 7.11 Å². The summed E-state index contributed by atoms with van der Waals surface area (Å²) in [6.07, 6.45) is 1.39. The number of phenols is 1. The Kier molecular flexibility index (Phi) is 12.3. The Balaban J connectivity index is 1.96. The second-order valence-electron chi connectivity index (χ2n) is 7.84. The van der Waals surface area contributed by atoms with Crippen molar-refractivity contribution in [1.82, 2.24) is 10.2 Å². The van der Waals surface area contributed by atoms with Crippen LogP contribution >= 0.6 is 63.7 Å². The molecule has 0 aliphatic heterocycles. The summed E-state index contributed by atoms with van der Waals surface area (Å²) in [5, 5.41) is 25.7. The summed E-state index contributed by atoms with van der Waals surface area (Å²) in [5.41, 5.74) is 1.24. The van der Waals surface area contributed by atoms with Gasteiger partial charge in [-0.2, -0.15) is 0 Å². The zero-order chi connectivity index (χ0) is 26.1. The summed E-state index contributed by atoms with van der Waals surface area (Å²) in [5.74, 6) is 0.523. The van der Waals surface area contributed by atoms with Gasteiger partial charge in [0.05, 0.1) is 27.1 Å². The number of hydrogen-bond acceptors (Lipinski definition) is 7. The minimum atomic E-state index is -0.533. The van der Waals surface area contributed by atoms with Gasteiger partial charge in [-0.3, -0.25) is 4.79 Å². The number of benzene rings is 2. The molecule has 2 aromatic rings. The number of carbonyl (C=O) groups is 1. The van der Waals surface area contributed by atoms with Gasteiger partial charge in [0.15, 0.2) is 5.75 Å². The van der Waals surface area contributed by atoms with Crippen LogP contribution in [0.15, 0.2) is 41.2 Å². The molecule has 0 atom stereocenters. The van der Waals surface area contributed by atoms with E-state index in [-0.39, 0.29) is 17.9 Å². The lowest BCUT2D eigenvalue weighted by molar-refractivity contribution is -0.115. The first kappa shape index (κ1) is 29.9. The number of amides is 1. The van der Waals surface area contributed by atoms with Crippen LogP contribution in [0.2, 0.25) is 0 Å². The van der Waals surface area contributed by atoms with Crippen LogP contribution in [-0.2, 0) is 17.6 Å². The fraction of sp³-hybridized carbons (Fsp3) is 0.391. The molecule has 0 unspecified atom stereocenters. The van der Waals surface area contributed by atoms with E-state index in [1.54, 1.807) is 6.07 Å². The number of nitrogens with zero attached hydrogens (tertiary/aromatic N) is 2. The lowest BCUT2D eigenvalue weighted by atomic mass is 10.1. The molecule has 0 fully saturated rings. The summed E-state index contributed by atoms with van der Waals surface area (Å²) in [4.78, 5) is 14.7. The first-order chi connectivity index (χ1) is 16.6. The van der Waals surface area contributed by atoms with Crippen LogP contribution < -0.4 is 14.8 Å². The van der Waals surface area contributed by atoms with Crippen LogP contribution in [0.5, 0.6) is 17.2 Å². The van der Waals surface area contributed by atoms with Crippen molar-refractivity contribution in [3.8, 4) is 17.2 Å². The van der Waals surface area contributed by atoms with Crippen LogP contribution in [0.4, 0.5) is 0 Å². The maximum absolute atomic E-state index is 12.6. The number of methoxy groups -OCH3 is 1. The van der Waals surface area contributed by atoms with E-state index in [0.29, 0.717) is 39.8 Å². The van der Waals surface area contributed by atoms with E-state index in [0.717, 1.165) is 33.2 Å². The molecule has 2 rings (SSSR count). The van der Waals surface area contributed by atoms with Crippen molar-refractivity contribution >= 4 is 75.3 Å². The highest BCUT2D eigenvalue weighted by molar-refractivity contribution is 9.11. The number of halogens is 4. The Morgan fingerprint density at radius 3 is 2.29 bits per heavy atom. The summed E-state index contributed by atoms with van der Waals surface area (Å²) in [6.45, 7) is 1.87. The molecule has 0 aliphatic rings. The van der Waals surface area contributed by atoms with Crippen molar-refractivity contribution in [1.29, 1.82) is 0 Å². The Morgan fingerprint density at radius 1 is 1.09 bits per heavy atom. The molecule has 12 heteroatoms. The van der Waals surface area contributed by atoms with Gasteiger partial charge in [-0.25, -0.2) is 0 Å². The number of aromatic hydroxyl groups is 1. The fourth-order valence-corrected chi connectivity index (χ4v) is 6.22.